The number of rotatable bonds is 5. The van der Waals surface area contributed by atoms with E-state index in [1.807, 2.05) is 0 Å². The van der Waals surface area contributed by atoms with Crippen molar-refractivity contribution in [3.8, 4) is 5.75 Å². The molecule has 3 rings (SSSR count). The average Bonchev–Trinajstić information content (AvgIpc) is 3.38. The monoisotopic (exact) mass is 370 g/mol. The Balaban J connectivity index is 1.61. The van der Waals surface area contributed by atoms with E-state index in [1.54, 1.807) is 4.90 Å². The fraction of sp³-hybridized carbons (Fsp3) is 0.556. The summed E-state index contributed by atoms with van der Waals surface area (Å²) in [6.45, 7) is 0.824. The molecule has 0 spiro atoms. The molecule has 142 valence electrons. The number of ether oxygens (including phenoxy) is 1. The molecule has 1 saturated carbocycles. The van der Waals surface area contributed by atoms with E-state index in [0.717, 1.165) is 31.4 Å². The maximum atomic E-state index is 12.6. The first-order valence-corrected chi connectivity index (χ1v) is 8.63. The van der Waals surface area contributed by atoms with E-state index in [9.17, 15) is 22.8 Å². The van der Waals surface area contributed by atoms with Gasteiger partial charge in [0.25, 0.3) is 5.91 Å². The van der Waals surface area contributed by atoms with Crippen LogP contribution >= 0.6 is 0 Å². The van der Waals surface area contributed by atoms with E-state index in [1.165, 1.54) is 12.1 Å². The second-order valence-corrected chi connectivity index (χ2v) is 7.16. The van der Waals surface area contributed by atoms with Crippen LogP contribution in [-0.2, 0) is 4.79 Å². The Bertz CT molecular complexity index is 676. The van der Waals surface area contributed by atoms with Gasteiger partial charge in [0.1, 0.15) is 5.75 Å². The second kappa shape index (κ2) is 6.81. The predicted octanol–water partition coefficient (Wildman–Crippen LogP) is 3.09. The molecule has 1 aliphatic heterocycles. The summed E-state index contributed by atoms with van der Waals surface area (Å²) >= 11 is 0. The molecule has 1 saturated heterocycles. The minimum atomic E-state index is -4.77. The molecule has 8 heteroatoms. The number of piperidine rings is 1. The number of carbonyl (C=O) groups is 2. The highest BCUT2D eigenvalue weighted by Crippen LogP contribution is 2.45. The van der Waals surface area contributed by atoms with Crippen molar-refractivity contribution in [1.29, 1.82) is 0 Å². The zero-order valence-corrected chi connectivity index (χ0v) is 14.2. The molecule has 0 radical (unpaired) electrons. The van der Waals surface area contributed by atoms with Crippen LogP contribution in [0, 0.1) is 11.3 Å². The van der Waals surface area contributed by atoms with Crippen LogP contribution in [0.4, 0.5) is 13.2 Å². The number of amides is 2. The summed E-state index contributed by atoms with van der Waals surface area (Å²) in [5.41, 5.74) is 5.38. The largest absolute Gasteiger partial charge is 0.573 e. The molecule has 0 aromatic heterocycles. The molecule has 2 aliphatic rings. The molecule has 1 aliphatic carbocycles. The lowest BCUT2D eigenvalue weighted by atomic mass is 9.73. The Labute approximate surface area is 149 Å². The molecule has 2 N–H and O–H groups in total. The van der Waals surface area contributed by atoms with Crippen LogP contribution in [0.15, 0.2) is 24.3 Å². The Morgan fingerprint density at radius 1 is 1.15 bits per heavy atom. The van der Waals surface area contributed by atoms with Gasteiger partial charge < -0.3 is 15.4 Å². The van der Waals surface area contributed by atoms with Crippen LogP contribution in [0.1, 0.15) is 42.5 Å². The Morgan fingerprint density at radius 3 is 2.19 bits per heavy atom. The number of carbonyl (C=O) groups excluding carboxylic acids is 2. The maximum Gasteiger partial charge on any atom is 0.573 e. The van der Waals surface area contributed by atoms with Crippen LogP contribution < -0.4 is 10.5 Å². The maximum absolute atomic E-state index is 12.6. The summed E-state index contributed by atoms with van der Waals surface area (Å²) in [4.78, 5) is 26.1. The zero-order chi connectivity index (χ0) is 18.9. The topological polar surface area (TPSA) is 72.6 Å². The number of nitrogens with zero attached hydrogens (tertiary/aromatic N) is 1. The summed E-state index contributed by atoms with van der Waals surface area (Å²) in [5, 5.41) is 0. The van der Waals surface area contributed by atoms with Crippen LogP contribution in [-0.4, -0.2) is 36.2 Å². The van der Waals surface area contributed by atoms with Crippen LogP contribution in [0.25, 0.3) is 0 Å². The Kier molecular flexibility index (Phi) is 4.86. The van der Waals surface area contributed by atoms with Gasteiger partial charge in [-0.05, 0) is 49.4 Å². The number of halogens is 3. The molecule has 26 heavy (non-hydrogen) atoms. The molecule has 1 aromatic rings. The van der Waals surface area contributed by atoms with Crippen LogP contribution in [0.3, 0.4) is 0 Å². The minimum absolute atomic E-state index is 0.270. The van der Waals surface area contributed by atoms with Gasteiger partial charge in [-0.2, -0.15) is 0 Å². The number of primary amides is 1. The van der Waals surface area contributed by atoms with Crippen LogP contribution in [0.5, 0.6) is 5.75 Å². The number of hydrogen-bond donors (Lipinski definition) is 1. The second-order valence-electron chi connectivity index (χ2n) is 7.16. The summed E-state index contributed by atoms with van der Waals surface area (Å²) in [6, 6.07) is 4.85. The van der Waals surface area contributed by atoms with E-state index in [-0.39, 0.29) is 23.1 Å². The molecule has 0 atom stereocenters. The predicted molar refractivity (Wildman–Crippen MR) is 87.2 cm³/mol. The molecular weight excluding hydrogens is 349 g/mol. The minimum Gasteiger partial charge on any atom is -0.406 e. The Hall–Kier alpha value is -2.25. The van der Waals surface area contributed by atoms with Gasteiger partial charge in [0, 0.05) is 18.7 Å². The van der Waals surface area contributed by atoms with Gasteiger partial charge in [-0.1, -0.05) is 12.8 Å². The van der Waals surface area contributed by atoms with E-state index < -0.39 is 11.8 Å². The average molecular weight is 370 g/mol. The summed E-state index contributed by atoms with van der Waals surface area (Å²) in [6.07, 6.45) is -0.667. The lowest BCUT2D eigenvalue weighted by Gasteiger charge is -2.40. The number of benzene rings is 1. The van der Waals surface area contributed by atoms with Gasteiger partial charge in [-0.3, -0.25) is 9.59 Å². The van der Waals surface area contributed by atoms with E-state index in [0.29, 0.717) is 31.8 Å². The fourth-order valence-electron chi connectivity index (χ4n) is 3.55. The van der Waals surface area contributed by atoms with Crippen molar-refractivity contribution in [1.82, 2.24) is 4.90 Å². The number of alkyl halides is 3. The molecule has 0 unspecified atom stereocenters. The van der Waals surface area contributed by atoms with Crippen molar-refractivity contribution in [3.63, 3.8) is 0 Å². The lowest BCUT2D eigenvalue weighted by molar-refractivity contribution is -0.274. The molecule has 1 heterocycles. The highest BCUT2D eigenvalue weighted by Gasteiger charge is 2.44. The third kappa shape index (κ3) is 4.28. The first-order valence-electron chi connectivity index (χ1n) is 8.63. The molecule has 1 aromatic carbocycles. The highest BCUT2D eigenvalue weighted by atomic mass is 19.4. The van der Waals surface area contributed by atoms with Crippen molar-refractivity contribution < 1.29 is 27.5 Å². The van der Waals surface area contributed by atoms with Crippen molar-refractivity contribution in [2.75, 3.05) is 13.1 Å². The van der Waals surface area contributed by atoms with Gasteiger partial charge >= 0.3 is 6.36 Å². The summed E-state index contributed by atoms with van der Waals surface area (Å²) in [5.74, 6) is -0.381. The summed E-state index contributed by atoms with van der Waals surface area (Å²) in [7, 11) is 0. The van der Waals surface area contributed by atoms with Crippen molar-refractivity contribution in [3.05, 3.63) is 29.8 Å². The number of likely N-dealkylation sites (tertiary alicyclic amines) is 1. The molecular formula is C18H21F3N2O3. The third-order valence-electron chi connectivity index (χ3n) is 5.24. The van der Waals surface area contributed by atoms with Gasteiger partial charge in [0.2, 0.25) is 5.91 Å². The van der Waals surface area contributed by atoms with Crippen molar-refractivity contribution >= 4 is 11.8 Å². The van der Waals surface area contributed by atoms with E-state index in [2.05, 4.69) is 4.74 Å². The van der Waals surface area contributed by atoms with Crippen LogP contribution in [0.2, 0.25) is 0 Å². The van der Waals surface area contributed by atoms with Gasteiger partial charge in [-0.15, -0.1) is 13.2 Å². The van der Waals surface area contributed by atoms with Crippen molar-refractivity contribution in [2.45, 2.75) is 38.5 Å². The quantitative estimate of drug-likeness (QED) is 0.866. The van der Waals surface area contributed by atoms with Gasteiger partial charge in [-0.25, -0.2) is 0 Å². The third-order valence-corrected chi connectivity index (χ3v) is 5.24. The first-order chi connectivity index (χ1) is 12.2. The lowest BCUT2D eigenvalue weighted by Crippen LogP contribution is -2.49. The summed E-state index contributed by atoms with van der Waals surface area (Å²) < 4.78 is 40.4. The van der Waals surface area contributed by atoms with Crippen molar-refractivity contribution in [2.24, 2.45) is 17.1 Å². The number of nitrogens with two attached hydrogens (primary N) is 1. The van der Waals surface area contributed by atoms with E-state index in [4.69, 9.17) is 5.73 Å². The van der Waals surface area contributed by atoms with Gasteiger partial charge in [0.15, 0.2) is 0 Å². The molecule has 5 nitrogen and oxygen atoms in total. The smallest absolute Gasteiger partial charge is 0.406 e. The van der Waals surface area contributed by atoms with E-state index >= 15 is 0 Å². The first kappa shape index (κ1) is 18.5. The fourth-order valence-corrected chi connectivity index (χ4v) is 3.55. The standard InChI is InChI=1S/C18H21F3N2O3/c19-18(20,21)26-14-5-3-13(4-6-14)15(24)23-9-7-17(8-10-23,16(22)25)11-12-1-2-12/h3-6,12H,1-2,7-11H2,(H2,22,25). The molecule has 0 bridgehead atoms. The normalized spacial score (nSPS) is 19.9. The SMILES string of the molecule is NC(=O)C1(CC2CC2)CCN(C(=O)c2ccc(OC(F)(F)F)cc2)CC1. The Morgan fingerprint density at radius 2 is 1.73 bits per heavy atom. The zero-order valence-electron chi connectivity index (χ0n) is 14.2. The highest BCUT2D eigenvalue weighted by molar-refractivity contribution is 5.94. The molecule has 2 fully saturated rings. The molecule has 2 amide bonds. The van der Waals surface area contributed by atoms with Gasteiger partial charge in [0.05, 0.1) is 5.41 Å². The number of hydrogen-bond acceptors (Lipinski definition) is 3.